The van der Waals surface area contributed by atoms with Crippen molar-refractivity contribution in [3.63, 3.8) is 0 Å². The highest BCUT2D eigenvalue weighted by molar-refractivity contribution is 4.83. The van der Waals surface area contributed by atoms with Crippen molar-refractivity contribution in [3.05, 3.63) is 5.21 Å². The van der Waals surface area contributed by atoms with Crippen molar-refractivity contribution in [2.75, 3.05) is 13.1 Å². The zero-order valence-electron chi connectivity index (χ0n) is 6.25. The fourth-order valence-electron chi connectivity index (χ4n) is 2.38. The summed E-state index contributed by atoms with van der Waals surface area (Å²) in [4.78, 5) is 0. The molecule has 2 rings (SSSR count). The summed E-state index contributed by atoms with van der Waals surface area (Å²) in [6, 6.07) is 0. The van der Waals surface area contributed by atoms with Gasteiger partial charge < -0.3 is 10.3 Å². The molecule has 1 aliphatic carbocycles. The Morgan fingerprint density at radius 3 is 2.30 bits per heavy atom. The molecule has 1 saturated carbocycles. The molecule has 10 heavy (non-hydrogen) atoms. The highest BCUT2D eigenvalue weighted by Gasteiger charge is 2.26. The molecule has 1 heterocycles. The molecule has 2 aliphatic rings. The number of hydrogen-bond acceptors (Lipinski definition) is 2. The monoisotopic (exact) mass is 140 g/mol. The molecule has 0 radical (unpaired) electrons. The van der Waals surface area contributed by atoms with Crippen molar-refractivity contribution in [2.45, 2.75) is 25.7 Å². The van der Waals surface area contributed by atoms with Crippen molar-refractivity contribution in [1.29, 1.82) is 0 Å². The molecule has 1 saturated heterocycles. The molecule has 58 valence electrons. The Morgan fingerprint density at radius 2 is 1.70 bits per heavy atom. The van der Waals surface area contributed by atoms with Gasteiger partial charge >= 0.3 is 0 Å². The van der Waals surface area contributed by atoms with E-state index >= 15 is 0 Å². The van der Waals surface area contributed by atoms with Crippen molar-refractivity contribution in [3.8, 4) is 0 Å². The van der Waals surface area contributed by atoms with Gasteiger partial charge in [0.05, 0.1) is 0 Å². The Morgan fingerprint density at radius 1 is 1.10 bits per heavy atom. The number of rotatable bonds is 0. The minimum Gasteiger partial charge on any atom is -0.785 e. The molecule has 0 aromatic heterocycles. The lowest BCUT2D eigenvalue weighted by Gasteiger charge is -2.44. The fourth-order valence-corrected chi connectivity index (χ4v) is 2.38. The molecule has 2 atom stereocenters. The van der Waals surface area contributed by atoms with Crippen LogP contribution in [0.5, 0.6) is 0 Å². The Labute approximate surface area is 61.8 Å². The van der Waals surface area contributed by atoms with E-state index in [1.54, 1.807) is 0 Å². The Kier molecular flexibility index (Phi) is 1.66. The lowest BCUT2D eigenvalue weighted by atomic mass is 9.79. The predicted octanol–water partition coefficient (Wildman–Crippen LogP) is 1.61. The topological polar surface area (TPSA) is 26.3 Å². The second-order valence-corrected chi connectivity index (χ2v) is 3.75. The first kappa shape index (κ1) is 6.62. The van der Waals surface area contributed by atoms with Crippen molar-refractivity contribution < 1.29 is 0 Å². The smallest absolute Gasteiger partial charge is 0.0116 e. The maximum absolute atomic E-state index is 11.0. The van der Waals surface area contributed by atoms with E-state index in [0.29, 0.717) is 0 Å². The lowest BCUT2D eigenvalue weighted by Crippen LogP contribution is -2.39. The van der Waals surface area contributed by atoms with Crippen LogP contribution in [-0.2, 0) is 0 Å². The van der Waals surface area contributed by atoms with E-state index < -0.39 is 0 Å². The third kappa shape index (κ3) is 1.18. The van der Waals surface area contributed by atoms with Crippen LogP contribution < -0.4 is 0 Å². The van der Waals surface area contributed by atoms with Gasteiger partial charge in [-0.15, -0.1) is 0 Å². The summed E-state index contributed by atoms with van der Waals surface area (Å²) in [5.74, 6) is 1.48. The zero-order chi connectivity index (χ0) is 6.97. The van der Waals surface area contributed by atoms with Crippen LogP contribution in [0, 0.1) is 17.0 Å². The minimum atomic E-state index is 0.741. The van der Waals surface area contributed by atoms with E-state index in [0.717, 1.165) is 24.9 Å². The summed E-state index contributed by atoms with van der Waals surface area (Å²) in [7, 11) is 0. The second kappa shape index (κ2) is 2.51. The third-order valence-electron chi connectivity index (χ3n) is 2.82. The van der Waals surface area contributed by atoms with Gasteiger partial charge in [0.15, 0.2) is 0 Å². The minimum absolute atomic E-state index is 0.741. The van der Waals surface area contributed by atoms with Gasteiger partial charge in [0.1, 0.15) is 0 Å². The summed E-state index contributed by atoms with van der Waals surface area (Å²) < 4.78 is 0. The number of fused-ring (bicyclic) bond motifs is 2. The van der Waals surface area contributed by atoms with E-state index in [-0.39, 0.29) is 0 Å². The Balaban J connectivity index is 1.98. The van der Waals surface area contributed by atoms with E-state index in [2.05, 4.69) is 0 Å². The normalized spacial score (nSPS) is 41.7. The molecule has 2 fully saturated rings. The molecule has 2 unspecified atom stereocenters. The van der Waals surface area contributed by atoms with Crippen LogP contribution >= 0.6 is 0 Å². The molecule has 0 spiro atoms. The SMILES string of the molecule is [O-]N1CC2CCCC(C2)C1. The molecule has 0 N–H and O–H groups in total. The van der Waals surface area contributed by atoms with Crippen molar-refractivity contribution in [1.82, 2.24) is 5.06 Å². The molecule has 2 nitrogen and oxygen atoms in total. The number of hydroxylamine groups is 2. The van der Waals surface area contributed by atoms with Gasteiger partial charge in [0, 0.05) is 0 Å². The zero-order valence-corrected chi connectivity index (χ0v) is 6.25. The van der Waals surface area contributed by atoms with Gasteiger partial charge in [0.2, 0.25) is 0 Å². The molecule has 2 heteroatoms. The molecule has 2 bridgehead atoms. The maximum Gasteiger partial charge on any atom is -0.0116 e. The van der Waals surface area contributed by atoms with Gasteiger partial charge in [-0.25, -0.2) is 0 Å². The van der Waals surface area contributed by atoms with E-state index in [1.165, 1.54) is 30.7 Å². The van der Waals surface area contributed by atoms with E-state index in [9.17, 15) is 5.21 Å². The summed E-state index contributed by atoms with van der Waals surface area (Å²) in [6.45, 7) is 1.63. The van der Waals surface area contributed by atoms with Gasteiger partial charge in [-0.05, 0) is 44.2 Å². The number of nitrogens with zero attached hydrogens (tertiary/aromatic N) is 1. The largest absolute Gasteiger partial charge is 0.785 e. The summed E-state index contributed by atoms with van der Waals surface area (Å²) in [5, 5.41) is 12.3. The van der Waals surface area contributed by atoms with Crippen LogP contribution in [0.25, 0.3) is 0 Å². The first-order chi connectivity index (χ1) is 4.84. The number of hydrogen-bond donors (Lipinski definition) is 0. The molecule has 1 aliphatic heterocycles. The molecule has 0 aromatic rings. The van der Waals surface area contributed by atoms with Crippen LogP contribution in [0.4, 0.5) is 0 Å². The summed E-state index contributed by atoms with van der Waals surface area (Å²) in [5.41, 5.74) is 0. The first-order valence-electron chi connectivity index (χ1n) is 4.26. The average molecular weight is 140 g/mol. The van der Waals surface area contributed by atoms with Gasteiger partial charge in [0.25, 0.3) is 0 Å². The van der Waals surface area contributed by atoms with Gasteiger partial charge in [-0.2, -0.15) is 0 Å². The highest BCUT2D eigenvalue weighted by Crippen LogP contribution is 2.33. The molecule has 0 amide bonds. The quantitative estimate of drug-likeness (QED) is 0.511. The van der Waals surface area contributed by atoms with Crippen LogP contribution in [0.1, 0.15) is 25.7 Å². The first-order valence-corrected chi connectivity index (χ1v) is 4.26. The highest BCUT2D eigenvalue weighted by atomic mass is 16.5. The molecular formula is C8H14NO-. The van der Waals surface area contributed by atoms with E-state index in [1.807, 2.05) is 0 Å². The maximum atomic E-state index is 11.0. The van der Waals surface area contributed by atoms with E-state index in [4.69, 9.17) is 0 Å². The fraction of sp³-hybridized carbons (Fsp3) is 1.00. The standard InChI is InChI=1S/C8H14NO/c10-9-5-7-2-1-3-8(4-7)6-9/h7-8H,1-6H2/q-1. The van der Waals surface area contributed by atoms with Crippen LogP contribution in [-0.4, -0.2) is 18.2 Å². The lowest BCUT2D eigenvalue weighted by molar-refractivity contribution is 0.122. The van der Waals surface area contributed by atoms with Crippen LogP contribution in [0.15, 0.2) is 0 Å². The third-order valence-corrected chi connectivity index (χ3v) is 2.82. The Hall–Kier alpha value is -0.0800. The van der Waals surface area contributed by atoms with Crippen molar-refractivity contribution >= 4 is 0 Å². The van der Waals surface area contributed by atoms with Gasteiger partial charge in [-0.3, -0.25) is 0 Å². The molecule has 0 aromatic carbocycles. The van der Waals surface area contributed by atoms with Crippen LogP contribution in [0.3, 0.4) is 0 Å². The van der Waals surface area contributed by atoms with Crippen LogP contribution in [0.2, 0.25) is 0 Å². The predicted molar refractivity (Wildman–Crippen MR) is 40.4 cm³/mol. The van der Waals surface area contributed by atoms with Gasteiger partial charge in [-0.1, -0.05) is 6.42 Å². The van der Waals surface area contributed by atoms with Crippen molar-refractivity contribution in [2.24, 2.45) is 11.8 Å². The average Bonchev–Trinajstić information content (AvgIpc) is 1.85. The number of piperidine rings is 1. The summed E-state index contributed by atoms with van der Waals surface area (Å²) in [6.07, 6.45) is 5.30. The molecular weight excluding hydrogens is 126 g/mol. The second-order valence-electron chi connectivity index (χ2n) is 3.75. The Bertz CT molecular complexity index is 110. The summed E-state index contributed by atoms with van der Waals surface area (Å²) >= 11 is 0.